The predicted octanol–water partition coefficient (Wildman–Crippen LogP) is 4.55. The molecule has 3 aromatic rings. The van der Waals surface area contributed by atoms with Crippen molar-refractivity contribution in [3.63, 3.8) is 0 Å². The number of aromatic nitrogens is 1. The van der Waals surface area contributed by atoms with Crippen molar-refractivity contribution in [1.82, 2.24) is 4.98 Å². The van der Waals surface area contributed by atoms with E-state index in [1.807, 2.05) is 13.0 Å². The van der Waals surface area contributed by atoms with Crippen molar-refractivity contribution < 1.29 is 27.8 Å². The summed E-state index contributed by atoms with van der Waals surface area (Å²) in [4.78, 5) is 13.7. The number of nitrogens with one attached hydrogen (secondary N) is 1. The summed E-state index contributed by atoms with van der Waals surface area (Å²) in [5.74, 6) is -0.680. The number of H-pyrrole nitrogens is 1. The van der Waals surface area contributed by atoms with E-state index in [1.54, 1.807) is 18.2 Å². The van der Waals surface area contributed by atoms with Gasteiger partial charge in [-0.3, -0.25) is 0 Å². The van der Waals surface area contributed by atoms with Gasteiger partial charge in [0.15, 0.2) is 6.61 Å². The molecule has 0 atom stereocenters. The van der Waals surface area contributed by atoms with E-state index in [4.69, 9.17) is 9.84 Å². The van der Waals surface area contributed by atoms with Gasteiger partial charge >= 0.3 is 12.1 Å². The number of halogens is 3. The van der Waals surface area contributed by atoms with Crippen LogP contribution in [0.4, 0.5) is 13.2 Å². The van der Waals surface area contributed by atoms with Crippen molar-refractivity contribution in [1.29, 1.82) is 0 Å². The maximum Gasteiger partial charge on any atom is 0.416 e. The molecule has 0 saturated heterocycles. The van der Waals surface area contributed by atoms with Crippen LogP contribution in [0, 0.1) is 6.92 Å². The molecule has 2 N–H and O–H groups in total. The van der Waals surface area contributed by atoms with Crippen molar-refractivity contribution >= 4 is 16.9 Å². The van der Waals surface area contributed by atoms with Crippen LogP contribution in [0.1, 0.15) is 22.4 Å². The molecule has 0 spiro atoms. The second-order valence-corrected chi connectivity index (χ2v) is 5.99. The second-order valence-electron chi connectivity index (χ2n) is 5.99. The SMILES string of the molecule is Cc1[nH]c2ccc(C(F)(F)F)cc2c1Cc1cccc(OCC(=O)O)c1. The van der Waals surface area contributed by atoms with Crippen molar-refractivity contribution in [2.45, 2.75) is 19.5 Å². The molecule has 4 nitrogen and oxygen atoms in total. The minimum Gasteiger partial charge on any atom is -0.482 e. The molecular weight excluding hydrogens is 347 g/mol. The lowest BCUT2D eigenvalue weighted by atomic mass is 10.0. The van der Waals surface area contributed by atoms with Crippen molar-refractivity contribution in [2.24, 2.45) is 0 Å². The van der Waals surface area contributed by atoms with E-state index in [1.165, 1.54) is 6.07 Å². The predicted molar refractivity (Wildman–Crippen MR) is 90.4 cm³/mol. The summed E-state index contributed by atoms with van der Waals surface area (Å²) in [6, 6.07) is 10.5. The zero-order chi connectivity index (χ0) is 18.9. The number of rotatable bonds is 5. The van der Waals surface area contributed by atoms with Crippen LogP contribution in [-0.2, 0) is 17.4 Å². The minimum absolute atomic E-state index is 0.400. The molecular formula is C19H16F3NO3. The lowest BCUT2D eigenvalue weighted by Gasteiger charge is -2.08. The van der Waals surface area contributed by atoms with Gasteiger partial charge in [-0.05, 0) is 54.8 Å². The maximum atomic E-state index is 13.0. The topological polar surface area (TPSA) is 62.3 Å². The first-order valence-corrected chi connectivity index (χ1v) is 7.86. The van der Waals surface area contributed by atoms with E-state index in [0.29, 0.717) is 23.1 Å². The number of benzene rings is 2. The second kappa shape index (κ2) is 6.74. The van der Waals surface area contributed by atoms with Gasteiger partial charge in [-0.15, -0.1) is 0 Å². The fourth-order valence-corrected chi connectivity index (χ4v) is 2.88. The third kappa shape index (κ3) is 3.82. The van der Waals surface area contributed by atoms with Crippen LogP contribution < -0.4 is 4.74 Å². The fourth-order valence-electron chi connectivity index (χ4n) is 2.88. The third-order valence-electron chi connectivity index (χ3n) is 4.09. The Bertz CT molecular complexity index is 960. The number of ether oxygens (including phenoxy) is 1. The van der Waals surface area contributed by atoms with Gasteiger partial charge in [0.25, 0.3) is 0 Å². The highest BCUT2D eigenvalue weighted by Crippen LogP contribution is 2.34. The van der Waals surface area contributed by atoms with Crippen LogP contribution >= 0.6 is 0 Å². The molecule has 0 saturated carbocycles. The van der Waals surface area contributed by atoms with Gasteiger partial charge in [-0.1, -0.05) is 12.1 Å². The third-order valence-corrected chi connectivity index (χ3v) is 4.09. The highest BCUT2D eigenvalue weighted by Gasteiger charge is 2.31. The number of carboxylic acids is 1. The number of hydrogen-bond acceptors (Lipinski definition) is 2. The van der Waals surface area contributed by atoms with Crippen molar-refractivity contribution in [3.8, 4) is 5.75 Å². The molecule has 0 amide bonds. The molecule has 3 rings (SSSR count). The van der Waals surface area contributed by atoms with E-state index in [0.717, 1.165) is 29.0 Å². The quantitative estimate of drug-likeness (QED) is 0.699. The van der Waals surface area contributed by atoms with E-state index in [9.17, 15) is 18.0 Å². The zero-order valence-electron chi connectivity index (χ0n) is 13.9. The minimum atomic E-state index is -4.40. The summed E-state index contributed by atoms with van der Waals surface area (Å²) < 4.78 is 44.2. The first kappa shape index (κ1) is 17.8. The Labute approximate surface area is 147 Å². The number of aromatic amines is 1. The molecule has 0 aliphatic heterocycles. The van der Waals surface area contributed by atoms with Crippen LogP contribution in [0.5, 0.6) is 5.75 Å². The normalized spacial score (nSPS) is 11.7. The Hall–Kier alpha value is -2.96. The first-order valence-electron chi connectivity index (χ1n) is 7.86. The van der Waals surface area contributed by atoms with Gasteiger partial charge in [-0.25, -0.2) is 4.79 Å². The Kier molecular flexibility index (Phi) is 4.63. The highest BCUT2D eigenvalue weighted by molar-refractivity contribution is 5.85. The van der Waals surface area contributed by atoms with Gasteiger partial charge < -0.3 is 14.8 Å². The molecule has 2 aromatic carbocycles. The van der Waals surface area contributed by atoms with Crippen LogP contribution in [0.3, 0.4) is 0 Å². The van der Waals surface area contributed by atoms with E-state index >= 15 is 0 Å². The Balaban J connectivity index is 1.94. The van der Waals surface area contributed by atoms with Gasteiger partial charge in [0.05, 0.1) is 5.56 Å². The monoisotopic (exact) mass is 363 g/mol. The standard InChI is InChI=1S/C19H16F3NO3/c1-11-15(8-12-3-2-4-14(7-12)26-10-18(24)25)16-9-13(19(20,21)22)5-6-17(16)23-11/h2-7,9,23H,8,10H2,1H3,(H,24,25). The number of hydrogen-bond donors (Lipinski definition) is 2. The molecule has 1 aromatic heterocycles. The molecule has 1 heterocycles. The lowest BCUT2D eigenvalue weighted by Crippen LogP contribution is -2.09. The van der Waals surface area contributed by atoms with Crippen LogP contribution in [0.15, 0.2) is 42.5 Å². The average Bonchev–Trinajstić information content (AvgIpc) is 2.88. The summed E-state index contributed by atoms with van der Waals surface area (Å²) in [5, 5.41) is 9.20. The summed E-state index contributed by atoms with van der Waals surface area (Å²) in [7, 11) is 0. The Morgan fingerprint density at radius 2 is 1.96 bits per heavy atom. The van der Waals surface area contributed by atoms with Gasteiger partial charge in [0.2, 0.25) is 0 Å². The van der Waals surface area contributed by atoms with Gasteiger partial charge in [-0.2, -0.15) is 13.2 Å². The summed E-state index contributed by atoms with van der Waals surface area (Å²) in [5.41, 5.74) is 2.32. The molecule has 0 unspecified atom stereocenters. The smallest absolute Gasteiger partial charge is 0.416 e. The Morgan fingerprint density at radius 3 is 2.65 bits per heavy atom. The van der Waals surface area contributed by atoms with Crippen LogP contribution in [-0.4, -0.2) is 22.7 Å². The molecule has 136 valence electrons. The van der Waals surface area contributed by atoms with Gasteiger partial charge in [0.1, 0.15) is 5.75 Å². The lowest BCUT2D eigenvalue weighted by molar-refractivity contribution is -0.139. The van der Waals surface area contributed by atoms with Crippen molar-refractivity contribution in [3.05, 3.63) is 64.8 Å². The zero-order valence-corrected chi connectivity index (χ0v) is 13.9. The molecule has 0 radical (unpaired) electrons. The summed E-state index contributed by atoms with van der Waals surface area (Å²) >= 11 is 0. The molecule has 0 aliphatic rings. The summed E-state index contributed by atoms with van der Waals surface area (Å²) in [6.45, 7) is 1.36. The van der Waals surface area contributed by atoms with Gasteiger partial charge in [0, 0.05) is 16.6 Å². The molecule has 0 fully saturated rings. The maximum absolute atomic E-state index is 13.0. The number of aryl methyl sites for hydroxylation is 1. The number of carbonyl (C=O) groups is 1. The number of alkyl halides is 3. The highest BCUT2D eigenvalue weighted by atomic mass is 19.4. The largest absolute Gasteiger partial charge is 0.482 e. The van der Waals surface area contributed by atoms with E-state index < -0.39 is 24.3 Å². The molecule has 0 bridgehead atoms. The van der Waals surface area contributed by atoms with Crippen LogP contribution in [0.25, 0.3) is 10.9 Å². The molecule has 26 heavy (non-hydrogen) atoms. The molecule has 7 heteroatoms. The fraction of sp³-hybridized carbons (Fsp3) is 0.211. The number of fused-ring (bicyclic) bond motifs is 1. The van der Waals surface area contributed by atoms with Crippen LogP contribution in [0.2, 0.25) is 0 Å². The Morgan fingerprint density at radius 1 is 1.19 bits per heavy atom. The van der Waals surface area contributed by atoms with Crippen molar-refractivity contribution in [2.75, 3.05) is 6.61 Å². The summed E-state index contributed by atoms with van der Waals surface area (Å²) in [6.07, 6.45) is -4.00. The number of carboxylic acid groups (broad SMARTS) is 1. The first-order chi connectivity index (χ1) is 12.2. The molecule has 0 aliphatic carbocycles. The average molecular weight is 363 g/mol. The van der Waals surface area contributed by atoms with E-state index in [-0.39, 0.29) is 0 Å². The van der Waals surface area contributed by atoms with E-state index in [2.05, 4.69) is 4.98 Å². The number of aliphatic carboxylic acids is 1.